The smallest absolute Gasteiger partial charge is 0.329 e. The summed E-state index contributed by atoms with van der Waals surface area (Å²) in [5.74, 6) is -2.26. The van der Waals surface area contributed by atoms with E-state index < -0.39 is 17.5 Å². The molecule has 0 aliphatic heterocycles. The van der Waals surface area contributed by atoms with E-state index >= 15 is 0 Å². The Morgan fingerprint density at radius 2 is 0.976 bits per heavy atom. The Hall–Kier alpha value is -1.34. The van der Waals surface area contributed by atoms with Crippen molar-refractivity contribution >= 4 is 30.3 Å². The number of unbranched alkanes of at least 4 members (excludes halogenated alkanes) is 18. The topological polar surface area (TPSA) is 94.9 Å². The van der Waals surface area contributed by atoms with Crippen LogP contribution in [-0.4, -0.2) is 77.2 Å². The molecule has 0 saturated carbocycles. The van der Waals surface area contributed by atoms with Crippen molar-refractivity contribution in [1.82, 2.24) is 4.90 Å². The highest BCUT2D eigenvalue weighted by molar-refractivity contribution is 5.88. The molecule has 1 amide bonds. The van der Waals surface area contributed by atoms with Gasteiger partial charge in [0.15, 0.2) is 6.54 Å². The van der Waals surface area contributed by atoms with Crippen molar-refractivity contribution in [3.8, 4) is 0 Å². The van der Waals surface area contributed by atoms with Gasteiger partial charge in [-0.3, -0.25) is 9.59 Å². The first-order chi connectivity index (χ1) is 19.5. The van der Waals surface area contributed by atoms with E-state index in [0.717, 1.165) is 38.5 Å². The lowest BCUT2D eigenvalue weighted by Gasteiger charge is -2.42. The zero-order valence-corrected chi connectivity index (χ0v) is 28.9. The van der Waals surface area contributed by atoms with Crippen molar-refractivity contribution in [3.05, 3.63) is 0 Å². The Morgan fingerprint density at radius 3 is 1.33 bits per heavy atom. The van der Waals surface area contributed by atoms with Crippen molar-refractivity contribution in [2.24, 2.45) is 0 Å². The van der Waals surface area contributed by atoms with Gasteiger partial charge in [-0.15, -0.1) is 12.4 Å². The van der Waals surface area contributed by atoms with Gasteiger partial charge in [-0.05, 0) is 19.3 Å². The molecule has 8 heteroatoms. The number of nitrogens with zero attached hydrogens (tertiary/aromatic N) is 2. The number of halogens is 1. The lowest BCUT2D eigenvalue weighted by molar-refractivity contribution is -0.862. The predicted molar refractivity (Wildman–Crippen MR) is 177 cm³/mol. The van der Waals surface area contributed by atoms with Gasteiger partial charge in [0.1, 0.15) is 5.54 Å². The van der Waals surface area contributed by atoms with E-state index in [1.54, 1.807) is 4.90 Å². The van der Waals surface area contributed by atoms with Gasteiger partial charge < -0.3 is 19.6 Å². The van der Waals surface area contributed by atoms with Crippen LogP contribution in [0.2, 0.25) is 0 Å². The summed E-state index contributed by atoms with van der Waals surface area (Å²) in [5, 5.41) is 20.0. The summed E-state index contributed by atoms with van der Waals surface area (Å²) in [6.45, 7) is 5.02. The molecular weight excluding hydrogens is 552 g/mol. The van der Waals surface area contributed by atoms with Crippen LogP contribution >= 0.6 is 12.4 Å². The minimum absolute atomic E-state index is 0. The fourth-order valence-electron chi connectivity index (χ4n) is 5.77. The molecule has 0 aliphatic rings. The summed E-state index contributed by atoms with van der Waals surface area (Å²) in [6.07, 6.45) is 23.0. The average Bonchev–Trinajstić information content (AvgIpc) is 2.89. The molecule has 0 aromatic rings. The standard InChI is InChI=1S/C34H66N2O5.ClH/c1-6-8-10-12-14-16-18-20-22-24-27-34(33(40)41,28-26-32(38)39)35(31(37)30-36(3,4)5)29-25-23-21-19-17-15-13-11-9-7-2;/h6-30H2,1-5H3,(H-,38,39,40,41);1H/p+1/t34-;/m1./s1. The van der Waals surface area contributed by atoms with Gasteiger partial charge in [-0.25, -0.2) is 4.79 Å². The maximum atomic E-state index is 13.6. The first-order valence-corrected chi connectivity index (χ1v) is 17.1. The average molecular weight is 620 g/mol. The van der Waals surface area contributed by atoms with E-state index in [9.17, 15) is 24.6 Å². The molecule has 0 saturated heterocycles. The number of aliphatic carboxylic acids is 2. The van der Waals surface area contributed by atoms with E-state index in [0.29, 0.717) is 23.9 Å². The molecule has 0 heterocycles. The maximum Gasteiger partial charge on any atom is 0.329 e. The number of carboxylic acid groups (broad SMARTS) is 2. The Morgan fingerprint density at radius 1 is 0.595 bits per heavy atom. The van der Waals surface area contributed by atoms with Gasteiger partial charge in [-0.2, -0.15) is 0 Å². The summed E-state index contributed by atoms with van der Waals surface area (Å²) in [7, 11) is 5.79. The Kier molecular flexibility index (Phi) is 26.6. The SMILES string of the molecule is CCCCCCCCCCCCN(C(=O)C[N+](C)(C)C)[C@](CCCCCCCCCCCC)(CCC(=O)O)C(=O)O.Cl. The molecule has 0 fully saturated rings. The molecule has 42 heavy (non-hydrogen) atoms. The van der Waals surface area contributed by atoms with Gasteiger partial charge in [0.2, 0.25) is 0 Å². The highest BCUT2D eigenvalue weighted by atomic mass is 35.5. The van der Waals surface area contributed by atoms with E-state index in [1.807, 2.05) is 21.1 Å². The lowest BCUT2D eigenvalue weighted by Crippen LogP contribution is -2.60. The molecule has 7 nitrogen and oxygen atoms in total. The molecule has 0 bridgehead atoms. The molecule has 0 radical (unpaired) electrons. The van der Waals surface area contributed by atoms with Crippen molar-refractivity contribution in [1.29, 1.82) is 0 Å². The van der Waals surface area contributed by atoms with Crippen molar-refractivity contribution < 1.29 is 29.1 Å². The molecule has 0 aliphatic carbocycles. The van der Waals surface area contributed by atoms with Gasteiger partial charge in [0.25, 0.3) is 5.91 Å². The van der Waals surface area contributed by atoms with Crippen LogP contribution in [0.4, 0.5) is 0 Å². The number of hydrogen-bond acceptors (Lipinski definition) is 3. The predicted octanol–water partition coefficient (Wildman–Crippen LogP) is 8.86. The highest BCUT2D eigenvalue weighted by Gasteiger charge is 2.46. The van der Waals surface area contributed by atoms with Crippen LogP contribution < -0.4 is 0 Å². The molecule has 0 aromatic heterocycles. The number of likely N-dealkylation sites (N-methyl/N-ethyl adjacent to an activating group) is 1. The molecule has 0 aromatic carbocycles. The van der Waals surface area contributed by atoms with Crippen LogP contribution in [0.15, 0.2) is 0 Å². The van der Waals surface area contributed by atoms with E-state index in [1.165, 1.54) is 83.5 Å². The van der Waals surface area contributed by atoms with Crippen LogP contribution in [-0.2, 0) is 14.4 Å². The number of carbonyl (C=O) groups is 3. The Balaban J connectivity index is 0. The van der Waals surface area contributed by atoms with E-state index in [2.05, 4.69) is 13.8 Å². The third-order valence-electron chi connectivity index (χ3n) is 8.26. The molecule has 2 N–H and O–H groups in total. The fourth-order valence-corrected chi connectivity index (χ4v) is 5.77. The van der Waals surface area contributed by atoms with Crippen LogP contribution in [0.1, 0.15) is 162 Å². The Labute approximate surface area is 265 Å². The number of carbonyl (C=O) groups excluding carboxylic acids is 1. The van der Waals surface area contributed by atoms with Crippen molar-refractivity contribution in [3.63, 3.8) is 0 Å². The van der Waals surface area contributed by atoms with Crippen LogP contribution in [0.25, 0.3) is 0 Å². The summed E-state index contributed by atoms with van der Waals surface area (Å²) >= 11 is 0. The first-order valence-electron chi connectivity index (χ1n) is 17.1. The van der Waals surface area contributed by atoms with Gasteiger partial charge in [0, 0.05) is 13.0 Å². The molecule has 1 atom stereocenters. The number of rotatable bonds is 29. The van der Waals surface area contributed by atoms with E-state index in [-0.39, 0.29) is 37.7 Å². The largest absolute Gasteiger partial charge is 0.481 e. The van der Waals surface area contributed by atoms with Crippen LogP contribution in [0.5, 0.6) is 0 Å². The maximum absolute atomic E-state index is 13.6. The number of quaternary nitrogens is 1. The normalized spacial score (nSPS) is 12.9. The monoisotopic (exact) mass is 619 g/mol. The first kappa shape index (κ1) is 42.8. The molecule has 0 rings (SSSR count). The van der Waals surface area contributed by atoms with Gasteiger partial charge >= 0.3 is 11.9 Å². The molecule has 0 unspecified atom stereocenters. The zero-order chi connectivity index (χ0) is 31.0. The zero-order valence-electron chi connectivity index (χ0n) is 28.1. The second-order valence-electron chi connectivity index (χ2n) is 13.3. The fraction of sp³-hybridized carbons (Fsp3) is 0.912. The second kappa shape index (κ2) is 26.1. The van der Waals surface area contributed by atoms with E-state index in [4.69, 9.17) is 0 Å². The minimum atomic E-state index is -1.47. The molecule has 250 valence electrons. The lowest BCUT2D eigenvalue weighted by atomic mass is 9.84. The minimum Gasteiger partial charge on any atom is -0.481 e. The Bertz CT molecular complexity index is 698. The number of amides is 1. The third kappa shape index (κ3) is 21.4. The number of carboxylic acids is 2. The van der Waals surface area contributed by atoms with Crippen molar-refractivity contribution in [2.75, 3.05) is 34.2 Å². The number of hydrogen-bond donors (Lipinski definition) is 2. The molecular formula is C34H68ClN2O5+. The second-order valence-corrected chi connectivity index (χ2v) is 13.3. The summed E-state index contributed by atoms with van der Waals surface area (Å²) in [5.41, 5.74) is -1.47. The molecule has 0 spiro atoms. The summed E-state index contributed by atoms with van der Waals surface area (Å²) in [4.78, 5) is 39.7. The van der Waals surface area contributed by atoms with Gasteiger partial charge in [0.05, 0.1) is 21.1 Å². The van der Waals surface area contributed by atoms with Crippen LogP contribution in [0, 0.1) is 0 Å². The third-order valence-corrected chi connectivity index (χ3v) is 8.26. The summed E-state index contributed by atoms with van der Waals surface area (Å²) < 4.78 is 0.403. The highest BCUT2D eigenvalue weighted by Crippen LogP contribution is 2.31. The van der Waals surface area contributed by atoms with Gasteiger partial charge in [-0.1, -0.05) is 136 Å². The van der Waals surface area contributed by atoms with Crippen molar-refractivity contribution in [2.45, 2.75) is 167 Å². The summed E-state index contributed by atoms with van der Waals surface area (Å²) in [6, 6.07) is 0. The van der Waals surface area contributed by atoms with Crippen LogP contribution in [0.3, 0.4) is 0 Å². The quantitative estimate of drug-likeness (QED) is 0.0644.